The Labute approximate surface area is 147 Å². The molecule has 7 heteroatoms. The van der Waals surface area contributed by atoms with Gasteiger partial charge in [-0.15, -0.1) is 11.8 Å². The first-order chi connectivity index (χ1) is 11.4. The average molecular weight is 367 g/mol. The van der Waals surface area contributed by atoms with Crippen molar-refractivity contribution in [1.29, 1.82) is 0 Å². The molecule has 0 aliphatic carbocycles. The Hall–Kier alpha value is -1.70. The lowest BCUT2D eigenvalue weighted by Gasteiger charge is -2.19. The van der Waals surface area contributed by atoms with Crippen molar-refractivity contribution in [2.45, 2.75) is 16.3 Å². The molecule has 2 aromatic rings. The quantitative estimate of drug-likeness (QED) is 0.703. The van der Waals surface area contributed by atoms with Gasteiger partial charge in [-0.25, -0.2) is 8.42 Å². The predicted molar refractivity (Wildman–Crippen MR) is 96.4 cm³/mol. The molecule has 0 bridgehead atoms. The van der Waals surface area contributed by atoms with Gasteiger partial charge < -0.3 is 9.47 Å². The van der Waals surface area contributed by atoms with Crippen LogP contribution in [0.25, 0.3) is 0 Å². The summed E-state index contributed by atoms with van der Waals surface area (Å²) in [4.78, 5) is 1.29. The molecule has 24 heavy (non-hydrogen) atoms. The van der Waals surface area contributed by atoms with E-state index in [2.05, 4.69) is 0 Å². The highest BCUT2D eigenvalue weighted by Crippen LogP contribution is 2.27. The zero-order valence-electron chi connectivity index (χ0n) is 14.1. The van der Waals surface area contributed by atoms with E-state index in [9.17, 15) is 8.42 Å². The van der Waals surface area contributed by atoms with Crippen molar-refractivity contribution < 1.29 is 17.9 Å². The fourth-order valence-electron chi connectivity index (χ4n) is 2.26. The molecule has 0 heterocycles. The zero-order chi connectivity index (χ0) is 17.7. The van der Waals surface area contributed by atoms with E-state index < -0.39 is 10.0 Å². The molecule has 0 unspecified atom stereocenters. The first-order valence-electron chi connectivity index (χ1n) is 7.23. The minimum Gasteiger partial charge on any atom is -0.497 e. The molecule has 0 saturated heterocycles. The van der Waals surface area contributed by atoms with Crippen LogP contribution in [0.5, 0.6) is 11.5 Å². The Bertz CT molecular complexity index is 789. The van der Waals surface area contributed by atoms with E-state index >= 15 is 0 Å². The molecule has 0 aromatic heterocycles. The average Bonchev–Trinajstić information content (AvgIpc) is 2.61. The van der Waals surface area contributed by atoms with E-state index in [-0.39, 0.29) is 11.4 Å². The summed E-state index contributed by atoms with van der Waals surface area (Å²) in [5.41, 5.74) is 0.739. The standard InChI is InChI=1S/C17H21NO4S2/c1-18(12-13-11-14(21-2)5-10-17(13)22-3)24(19,20)16-8-6-15(23-4)7-9-16/h5-11H,12H2,1-4H3. The molecule has 130 valence electrons. The highest BCUT2D eigenvalue weighted by molar-refractivity contribution is 7.98. The zero-order valence-corrected chi connectivity index (χ0v) is 15.8. The molecule has 0 spiro atoms. The third-order valence-corrected chi connectivity index (χ3v) is 6.21. The lowest BCUT2D eigenvalue weighted by molar-refractivity contribution is 0.389. The van der Waals surface area contributed by atoms with Gasteiger partial charge in [0.25, 0.3) is 0 Å². The summed E-state index contributed by atoms with van der Waals surface area (Å²) in [5, 5.41) is 0. The molecule has 0 amide bonds. The Morgan fingerprint density at radius 1 is 1.04 bits per heavy atom. The predicted octanol–water partition coefficient (Wildman–Crippen LogP) is 3.25. The third kappa shape index (κ3) is 4.03. The third-order valence-electron chi connectivity index (χ3n) is 3.65. The molecule has 2 aromatic carbocycles. The maximum atomic E-state index is 12.7. The van der Waals surface area contributed by atoms with Gasteiger partial charge in [-0.2, -0.15) is 4.31 Å². The Balaban J connectivity index is 2.28. The van der Waals surface area contributed by atoms with E-state index in [0.29, 0.717) is 11.5 Å². The fourth-order valence-corrected chi connectivity index (χ4v) is 3.82. The summed E-state index contributed by atoms with van der Waals surface area (Å²) in [5.74, 6) is 1.27. The SMILES string of the molecule is COc1ccc(OC)c(CN(C)S(=O)(=O)c2ccc(SC)cc2)c1. The second-order valence-electron chi connectivity index (χ2n) is 5.11. The van der Waals surface area contributed by atoms with Crippen molar-refractivity contribution in [3.05, 3.63) is 48.0 Å². The highest BCUT2D eigenvalue weighted by atomic mass is 32.2. The van der Waals surface area contributed by atoms with Crippen LogP contribution in [-0.4, -0.2) is 40.2 Å². The number of methoxy groups -OCH3 is 2. The Morgan fingerprint density at radius 3 is 2.25 bits per heavy atom. The van der Waals surface area contributed by atoms with Gasteiger partial charge in [0.2, 0.25) is 10.0 Å². The lowest BCUT2D eigenvalue weighted by atomic mass is 10.2. The summed E-state index contributed by atoms with van der Waals surface area (Å²) in [6.45, 7) is 0.187. The van der Waals surface area contributed by atoms with Crippen LogP contribution >= 0.6 is 11.8 Å². The molecule has 0 saturated carbocycles. The number of sulfonamides is 1. The Morgan fingerprint density at radius 2 is 1.71 bits per heavy atom. The smallest absolute Gasteiger partial charge is 0.243 e. The van der Waals surface area contributed by atoms with Crippen molar-refractivity contribution in [1.82, 2.24) is 4.31 Å². The van der Waals surface area contributed by atoms with Gasteiger partial charge in [0.1, 0.15) is 11.5 Å². The number of hydrogen-bond donors (Lipinski definition) is 0. The first kappa shape index (κ1) is 18.6. The van der Waals surface area contributed by atoms with Crippen molar-refractivity contribution in [2.24, 2.45) is 0 Å². The molecular weight excluding hydrogens is 346 g/mol. The lowest BCUT2D eigenvalue weighted by Crippen LogP contribution is -2.26. The minimum absolute atomic E-state index is 0.187. The van der Waals surface area contributed by atoms with Gasteiger partial charge in [-0.3, -0.25) is 0 Å². The highest BCUT2D eigenvalue weighted by Gasteiger charge is 2.22. The van der Waals surface area contributed by atoms with E-state index in [0.717, 1.165) is 10.5 Å². The largest absolute Gasteiger partial charge is 0.497 e. The summed E-state index contributed by atoms with van der Waals surface area (Å²) in [6.07, 6.45) is 1.95. The number of benzene rings is 2. The molecule has 0 aliphatic heterocycles. The minimum atomic E-state index is -3.58. The Kier molecular flexibility index (Phi) is 6.15. The fraction of sp³-hybridized carbons (Fsp3) is 0.294. The van der Waals surface area contributed by atoms with Crippen LogP contribution in [0.1, 0.15) is 5.56 Å². The van der Waals surface area contributed by atoms with Crippen molar-refractivity contribution >= 4 is 21.8 Å². The summed E-state index contributed by atoms with van der Waals surface area (Å²) in [6, 6.07) is 12.2. The number of rotatable bonds is 7. The molecule has 0 radical (unpaired) electrons. The molecule has 0 aliphatic rings. The maximum Gasteiger partial charge on any atom is 0.243 e. The van der Waals surface area contributed by atoms with Crippen LogP contribution in [-0.2, 0) is 16.6 Å². The number of nitrogens with zero attached hydrogens (tertiary/aromatic N) is 1. The van der Waals surface area contributed by atoms with E-state index in [1.165, 1.54) is 4.31 Å². The van der Waals surface area contributed by atoms with Crippen molar-refractivity contribution in [3.63, 3.8) is 0 Å². The van der Waals surface area contributed by atoms with Crippen molar-refractivity contribution in [3.8, 4) is 11.5 Å². The van der Waals surface area contributed by atoms with Crippen LogP contribution in [0.3, 0.4) is 0 Å². The molecule has 2 rings (SSSR count). The van der Waals surface area contributed by atoms with Crippen LogP contribution < -0.4 is 9.47 Å². The normalized spacial score (nSPS) is 11.5. The van der Waals surface area contributed by atoms with Gasteiger partial charge in [-0.05, 0) is 48.7 Å². The van der Waals surface area contributed by atoms with E-state index in [1.54, 1.807) is 75.5 Å². The number of hydrogen-bond acceptors (Lipinski definition) is 5. The van der Waals surface area contributed by atoms with Crippen LogP contribution in [0, 0.1) is 0 Å². The monoisotopic (exact) mass is 367 g/mol. The van der Waals surface area contributed by atoms with Gasteiger partial charge in [0.15, 0.2) is 0 Å². The molecular formula is C17H21NO4S2. The van der Waals surface area contributed by atoms with Crippen molar-refractivity contribution in [2.75, 3.05) is 27.5 Å². The molecule has 0 atom stereocenters. The first-order valence-corrected chi connectivity index (χ1v) is 9.90. The van der Waals surface area contributed by atoms with Gasteiger partial charge in [-0.1, -0.05) is 0 Å². The summed E-state index contributed by atoms with van der Waals surface area (Å²) >= 11 is 1.57. The second-order valence-corrected chi connectivity index (χ2v) is 8.04. The van der Waals surface area contributed by atoms with Gasteiger partial charge in [0, 0.05) is 24.1 Å². The second kappa shape index (κ2) is 7.92. The van der Waals surface area contributed by atoms with Gasteiger partial charge in [0.05, 0.1) is 19.1 Å². The number of ether oxygens (including phenoxy) is 2. The van der Waals surface area contributed by atoms with Gasteiger partial charge >= 0.3 is 0 Å². The summed E-state index contributed by atoms with van der Waals surface area (Å²) < 4.78 is 37.3. The topological polar surface area (TPSA) is 55.8 Å². The molecule has 0 fully saturated rings. The molecule has 0 N–H and O–H groups in total. The van der Waals surface area contributed by atoms with Crippen LogP contribution in [0.15, 0.2) is 52.3 Å². The van der Waals surface area contributed by atoms with E-state index in [1.807, 2.05) is 6.26 Å². The summed E-state index contributed by atoms with van der Waals surface area (Å²) in [7, 11) is 1.10. The van der Waals surface area contributed by atoms with E-state index in [4.69, 9.17) is 9.47 Å². The van der Waals surface area contributed by atoms with Crippen LogP contribution in [0.4, 0.5) is 0 Å². The number of thioether (sulfide) groups is 1. The van der Waals surface area contributed by atoms with Crippen LogP contribution in [0.2, 0.25) is 0 Å². The molecule has 5 nitrogen and oxygen atoms in total. The maximum absolute atomic E-state index is 12.7.